The van der Waals surface area contributed by atoms with Crippen molar-refractivity contribution < 1.29 is 13.9 Å². The molecule has 2 aromatic carbocycles. The number of carbonyl (C=O) groups excluding carboxylic acids is 1. The number of urea groups is 1. The zero-order valence-electron chi connectivity index (χ0n) is 22.0. The molecule has 8 nitrogen and oxygen atoms in total. The minimum Gasteiger partial charge on any atom is -0.383 e. The van der Waals surface area contributed by atoms with Crippen LogP contribution in [0.4, 0.5) is 21.0 Å². The fraction of sp³-hybridized carbons (Fsp3) is 0.464. The molecule has 1 heterocycles. The largest absolute Gasteiger partial charge is 0.383 e. The van der Waals surface area contributed by atoms with E-state index in [9.17, 15) is 9.18 Å². The molecule has 0 radical (unpaired) electrons. The molecule has 0 spiro atoms. The number of rotatable bonds is 9. The van der Waals surface area contributed by atoms with Crippen LogP contribution in [0.2, 0.25) is 0 Å². The molecule has 37 heavy (non-hydrogen) atoms. The highest BCUT2D eigenvalue weighted by molar-refractivity contribution is 5.93. The molecule has 3 aromatic rings. The fourth-order valence-corrected chi connectivity index (χ4v) is 4.73. The van der Waals surface area contributed by atoms with E-state index in [4.69, 9.17) is 14.7 Å². The maximum atomic E-state index is 13.9. The average Bonchev–Trinajstić information content (AvgIpc) is 2.84. The smallest absolute Gasteiger partial charge is 0.315 e. The molecule has 0 aliphatic heterocycles. The zero-order chi connectivity index (χ0) is 26.4. The number of methoxy groups -OCH3 is 1. The number of hydrogen-bond donors (Lipinski definition) is 4. The number of benzene rings is 2. The summed E-state index contributed by atoms with van der Waals surface area (Å²) in [5.41, 5.74) is 2.50. The van der Waals surface area contributed by atoms with Crippen molar-refractivity contribution in [3.05, 3.63) is 48.3 Å². The van der Waals surface area contributed by atoms with Crippen molar-refractivity contribution in [1.29, 1.82) is 0 Å². The highest BCUT2D eigenvalue weighted by Crippen LogP contribution is 2.31. The lowest BCUT2D eigenvalue weighted by atomic mass is 9.91. The van der Waals surface area contributed by atoms with Gasteiger partial charge in [0.2, 0.25) is 5.95 Å². The van der Waals surface area contributed by atoms with E-state index in [1.165, 1.54) is 12.1 Å². The van der Waals surface area contributed by atoms with E-state index in [1.54, 1.807) is 13.2 Å². The number of anilines is 2. The molecule has 1 aliphatic rings. The summed E-state index contributed by atoms with van der Waals surface area (Å²) in [6.45, 7) is 6.45. The van der Waals surface area contributed by atoms with Gasteiger partial charge in [-0.25, -0.2) is 14.2 Å². The summed E-state index contributed by atoms with van der Waals surface area (Å²) in [7, 11) is 1.66. The van der Waals surface area contributed by atoms with Gasteiger partial charge in [0.15, 0.2) is 0 Å². The molecule has 0 unspecified atom stereocenters. The first kappa shape index (κ1) is 26.6. The third kappa shape index (κ3) is 7.29. The normalized spacial score (nSPS) is 18.4. The van der Waals surface area contributed by atoms with E-state index in [0.717, 1.165) is 53.5 Å². The molecule has 198 valence electrons. The predicted octanol–water partition coefficient (Wildman–Crippen LogP) is 5.31. The van der Waals surface area contributed by atoms with Crippen LogP contribution in [0.1, 0.15) is 46.5 Å². The molecule has 4 rings (SSSR count). The van der Waals surface area contributed by atoms with E-state index in [-0.39, 0.29) is 36.0 Å². The first-order valence-electron chi connectivity index (χ1n) is 13.0. The van der Waals surface area contributed by atoms with Gasteiger partial charge in [0.25, 0.3) is 0 Å². The molecule has 1 atom stereocenters. The third-order valence-corrected chi connectivity index (χ3v) is 6.47. The SMILES string of the molecule is COC[C@@H](C)Nc1nc(NC2CCC(NC(=O)NC(C)C)CC2)c2cc(-c3cccc(F)c3)ccc2n1. The second-order valence-electron chi connectivity index (χ2n) is 10.1. The molecule has 0 bridgehead atoms. The van der Waals surface area contributed by atoms with E-state index < -0.39 is 0 Å². The molecule has 1 saturated carbocycles. The second-order valence-corrected chi connectivity index (χ2v) is 10.1. The van der Waals surface area contributed by atoms with Crippen molar-refractivity contribution in [2.45, 2.75) is 70.6 Å². The van der Waals surface area contributed by atoms with Crippen LogP contribution in [-0.4, -0.2) is 53.9 Å². The van der Waals surface area contributed by atoms with Crippen molar-refractivity contribution in [1.82, 2.24) is 20.6 Å². The Balaban J connectivity index is 1.56. The van der Waals surface area contributed by atoms with Crippen LogP contribution in [0, 0.1) is 5.82 Å². The van der Waals surface area contributed by atoms with Gasteiger partial charge in [-0.2, -0.15) is 4.98 Å². The number of ether oxygens (including phenoxy) is 1. The molecule has 4 N–H and O–H groups in total. The maximum Gasteiger partial charge on any atom is 0.315 e. The fourth-order valence-electron chi connectivity index (χ4n) is 4.73. The van der Waals surface area contributed by atoms with E-state index in [2.05, 4.69) is 21.3 Å². The number of nitrogens with one attached hydrogen (secondary N) is 4. The van der Waals surface area contributed by atoms with Crippen LogP contribution in [-0.2, 0) is 4.74 Å². The van der Waals surface area contributed by atoms with Gasteiger partial charge in [-0.05, 0) is 81.8 Å². The number of hydrogen-bond acceptors (Lipinski definition) is 6. The highest BCUT2D eigenvalue weighted by atomic mass is 19.1. The topological polar surface area (TPSA) is 100 Å². The zero-order valence-corrected chi connectivity index (χ0v) is 22.0. The summed E-state index contributed by atoms with van der Waals surface area (Å²) in [4.78, 5) is 21.6. The Morgan fingerprint density at radius 3 is 2.46 bits per heavy atom. The van der Waals surface area contributed by atoms with Gasteiger partial charge >= 0.3 is 6.03 Å². The lowest BCUT2D eigenvalue weighted by Gasteiger charge is -2.30. The van der Waals surface area contributed by atoms with Crippen LogP contribution in [0.15, 0.2) is 42.5 Å². The van der Waals surface area contributed by atoms with E-state index in [0.29, 0.717) is 12.6 Å². The Labute approximate surface area is 217 Å². The molecular formula is C28H37FN6O2. The van der Waals surface area contributed by atoms with Gasteiger partial charge in [-0.1, -0.05) is 18.2 Å². The van der Waals surface area contributed by atoms with Crippen LogP contribution in [0.3, 0.4) is 0 Å². The molecule has 9 heteroatoms. The average molecular weight is 509 g/mol. The van der Waals surface area contributed by atoms with Gasteiger partial charge in [0.05, 0.1) is 12.1 Å². The van der Waals surface area contributed by atoms with Gasteiger partial charge in [-0.15, -0.1) is 0 Å². The Morgan fingerprint density at radius 2 is 1.76 bits per heavy atom. The quantitative estimate of drug-likeness (QED) is 0.312. The standard InChI is InChI=1S/C28H37FN6O2/c1-17(2)30-28(36)33-23-11-9-22(10-12-23)32-26-24-15-20(19-6-5-7-21(29)14-19)8-13-25(24)34-27(35-26)31-18(3)16-37-4/h5-8,13-15,17-18,22-23H,9-12,16H2,1-4H3,(H2,30,33,36)(H2,31,32,34,35)/t18-,22?,23?/m1/s1. The molecule has 2 amide bonds. The predicted molar refractivity (Wildman–Crippen MR) is 146 cm³/mol. The van der Waals surface area contributed by atoms with Crippen molar-refractivity contribution in [2.75, 3.05) is 24.4 Å². The van der Waals surface area contributed by atoms with Crippen LogP contribution in [0.5, 0.6) is 0 Å². The van der Waals surface area contributed by atoms with Crippen molar-refractivity contribution >= 4 is 28.7 Å². The Bertz CT molecular complexity index is 1210. The number of fused-ring (bicyclic) bond motifs is 1. The van der Waals surface area contributed by atoms with Gasteiger partial charge in [0, 0.05) is 36.7 Å². The minimum atomic E-state index is -0.272. The molecular weight excluding hydrogens is 471 g/mol. The Kier molecular flexibility index (Phi) is 8.76. The first-order valence-corrected chi connectivity index (χ1v) is 13.0. The maximum absolute atomic E-state index is 13.9. The van der Waals surface area contributed by atoms with E-state index in [1.807, 2.05) is 45.0 Å². The van der Waals surface area contributed by atoms with Gasteiger partial charge in [-0.3, -0.25) is 0 Å². The summed E-state index contributed by atoms with van der Waals surface area (Å²) in [5, 5.41) is 13.8. The van der Waals surface area contributed by atoms with Crippen molar-refractivity contribution in [3.8, 4) is 11.1 Å². The molecule has 0 saturated heterocycles. The Morgan fingerprint density at radius 1 is 1.03 bits per heavy atom. The number of nitrogens with zero attached hydrogens (tertiary/aromatic N) is 2. The summed E-state index contributed by atoms with van der Waals surface area (Å²) < 4.78 is 19.1. The van der Waals surface area contributed by atoms with Crippen LogP contribution < -0.4 is 21.3 Å². The van der Waals surface area contributed by atoms with Gasteiger partial charge in [0.1, 0.15) is 11.6 Å². The highest BCUT2D eigenvalue weighted by Gasteiger charge is 2.24. The molecule has 1 aliphatic carbocycles. The van der Waals surface area contributed by atoms with Crippen LogP contribution >= 0.6 is 0 Å². The summed E-state index contributed by atoms with van der Waals surface area (Å²) in [6.07, 6.45) is 3.59. The lowest BCUT2D eigenvalue weighted by molar-refractivity contribution is 0.190. The number of amides is 2. The van der Waals surface area contributed by atoms with E-state index >= 15 is 0 Å². The summed E-state index contributed by atoms with van der Waals surface area (Å²) in [5.74, 6) is 0.995. The summed E-state index contributed by atoms with van der Waals surface area (Å²) >= 11 is 0. The molecule has 1 aromatic heterocycles. The summed E-state index contributed by atoms with van der Waals surface area (Å²) in [6, 6.07) is 12.9. The number of aromatic nitrogens is 2. The first-order chi connectivity index (χ1) is 17.8. The number of carbonyl (C=O) groups is 1. The van der Waals surface area contributed by atoms with Crippen molar-refractivity contribution in [3.63, 3.8) is 0 Å². The monoisotopic (exact) mass is 508 g/mol. The number of halogens is 1. The van der Waals surface area contributed by atoms with Gasteiger partial charge < -0.3 is 26.0 Å². The lowest BCUT2D eigenvalue weighted by Crippen LogP contribution is -2.46. The van der Waals surface area contributed by atoms with Crippen LogP contribution in [0.25, 0.3) is 22.0 Å². The second kappa shape index (κ2) is 12.2. The third-order valence-electron chi connectivity index (χ3n) is 6.47. The van der Waals surface area contributed by atoms with Crippen molar-refractivity contribution in [2.24, 2.45) is 0 Å². The Hall–Kier alpha value is -3.46. The molecule has 1 fully saturated rings. The minimum absolute atomic E-state index is 0.0420.